The van der Waals surface area contributed by atoms with E-state index in [1.165, 1.54) is 12.1 Å². The van der Waals surface area contributed by atoms with E-state index in [0.29, 0.717) is 38.3 Å². The van der Waals surface area contributed by atoms with Crippen molar-refractivity contribution in [2.24, 2.45) is 0 Å². The van der Waals surface area contributed by atoms with E-state index in [9.17, 15) is 14.3 Å². The van der Waals surface area contributed by atoms with Gasteiger partial charge in [-0.3, -0.25) is 4.79 Å². The van der Waals surface area contributed by atoms with Crippen molar-refractivity contribution < 1.29 is 19.0 Å². The van der Waals surface area contributed by atoms with Crippen molar-refractivity contribution in [2.75, 3.05) is 19.7 Å². The fourth-order valence-electron chi connectivity index (χ4n) is 2.04. The molecule has 1 aliphatic rings. The zero-order valence-electron chi connectivity index (χ0n) is 11.1. The Bertz CT molecular complexity index is 439. The van der Waals surface area contributed by atoms with Gasteiger partial charge in [-0.1, -0.05) is 0 Å². The Labute approximate surface area is 117 Å². The molecule has 2 rings (SSSR count). The van der Waals surface area contributed by atoms with Crippen LogP contribution in [0.3, 0.4) is 0 Å². The number of carbonyl (C=O) groups is 1. The smallest absolute Gasteiger partial charge is 0.237 e. The Morgan fingerprint density at radius 3 is 2.85 bits per heavy atom. The number of halogens is 1. The van der Waals surface area contributed by atoms with Crippen LogP contribution in [0.15, 0.2) is 24.3 Å². The Morgan fingerprint density at radius 2 is 2.20 bits per heavy atom. The zero-order chi connectivity index (χ0) is 14.4. The lowest BCUT2D eigenvalue weighted by Crippen LogP contribution is -2.40. The molecular formula is C14H19FN2O3. The molecule has 110 valence electrons. The second-order valence-electron chi connectivity index (χ2n) is 4.80. The van der Waals surface area contributed by atoms with Crippen molar-refractivity contribution in [3.8, 4) is 5.75 Å². The molecule has 0 aromatic heterocycles. The standard InChI is InChI=1S/C14H19FN2O3/c15-10-2-4-12(5-3-10)20-7-1-6-16-14(19)13-8-11(18)9-17-13/h2-5,11,13,17-18H,1,6-9H2,(H,16,19). The van der Waals surface area contributed by atoms with Gasteiger partial charge in [-0.2, -0.15) is 0 Å². The number of benzene rings is 1. The van der Waals surface area contributed by atoms with Crippen LogP contribution in [0.4, 0.5) is 4.39 Å². The van der Waals surface area contributed by atoms with E-state index in [4.69, 9.17) is 4.74 Å². The first kappa shape index (κ1) is 14.7. The van der Waals surface area contributed by atoms with Crippen molar-refractivity contribution in [3.05, 3.63) is 30.1 Å². The zero-order valence-corrected chi connectivity index (χ0v) is 11.1. The predicted octanol–water partition coefficient (Wildman–Crippen LogP) is 0.434. The Hall–Kier alpha value is -1.66. The number of amides is 1. The van der Waals surface area contributed by atoms with Crippen LogP contribution >= 0.6 is 0 Å². The summed E-state index contributed by atoms with van der Waals surface area (Å²) in [6.45, 7) is 1.42. The van der Waals surface area contributed by atoms with E-state index in [0.717, 1.165) is 0 Å². The number of β-amino-alcohol motifs (C(OH)–C–C–N with tert-alkyl or cyclic N) is 1. The first-order valence-corrected chi connectivity index (χ1v) is 6.72. The number of hydrogen-bond donors (Lipinski definition) is 3. The molecule has 0 bridgehead atoms. The molecule has 1 fully saturated rings. The van der Waals surface area contributed by atoms with Gasteiger partial charge in [-0.25, -0.2) is 4.39 Å². The third-order valence-corrected chi connectivity index (χ3v) is 3.13. The minimum atomic E-state index is -0.437. The van der Waals surface area contributed by atoms with Gasteiger partial charge in [0, 0.05) is 13.1 Å². The molecule has 3 N–H and O–H groups in total. The molecule has 2 unspecified atom stereocenters. The maximum Gasteiger partial charge on any atom is 0.237 e. The van der Waals surface area contributed by atoms with E-state index < -0.39 is 6.10 Å². The molecule has 1 aromatic carbocycles. The van der Waals surface area contributed by atoms with E-state index >= 15 is 0 Å². The summed E-state index contributed by atoms with van der Waals surface area (Å²) in [5.74, 6) is 0.220. The van der Waals surface area contributed by atoms with Crippen molar-refractivity contribution in [3.63, 3.8) is 0 Å². The first-order chi connectivity index (χ1) is 9.65. The SMILES string of the molecule is O=C(NCCCOc1ccc(F)cc1)C1CC(O)CN1. The lowest BCUT2D eigenvalue weighted by Gasteiger charge is -2.11. The third kappa shape index (κ3) is 4.47. The minimum absolute atomic E-state index is 0.0941. The van der Waals surface area contributed by atoms with Crippen LogP contribution in [0, 0.1) is 5.82 Å². The van der Waals surface area contributed by atoms with Crippen molar-refractivity contribution >= 4 is 5.91 Å². The summed E-state index contributed by atoms with van der Waals surface area (Å²) in [5.41, 5.74) is 0. The summed E-state index contributed by atoms with van der Waals surface area (Å²) in [6, 6.07) is 5.51. The number of hydrogen-bond acceptors (Lipinski definition) is 4. The fourth-order valence-corrected chi connectivity index (χ4v) is 2.04. The van der Waals surface area contributed by atoms with Gasteiger partial charge in [-0.05, 0) is 37.1 Å². The number of rotatable bonds is 6. The highest BCUT2D eigenvalue weighted by molar-refractivity contribution is 5.82. The molecule has 0 saturated carbocycles. The van der Waals surface area contributed by atoms with Crippen LogP contribution in [-0.4, -0.2) is 42.9 Å². The number of nitrogens with one attached hydrogen (secondary N) is 2. The quantitative estimate of drug-likeness (QED) is 0.662. The van der Waals surface area contributed by atoms with Crippen LogP contribution in [0.1, 0.15) is 12.8 Å². The molecule has 0 aliphatic carbocycles. The number of ether oxygens (including phenoxy) is 1. The predicted molar refractivity (Wildman–Crippen MR) is 71.9 cm³/mol. The molecule has 0 spiro atoms. The summed E-state index contributed by atoms with van der Waals surface area (Å²) in [5, 5.41) is 15.1. The van der Waals surface area contributed by atoms with Crippen LogP contribution < -0.4 is 15.4 Å². The topological polar surface area (TPSA) is 70.6 Å². The van der Waals surface area contributed by atoms with Gasteiger partial charge in [0.2, 0.25) is 5.91 Å². The van der Waals surface area contributed by atoms with Crippen LogP contribution in [0.25, 0.3) is 0 Å². The highest BCUT2D eigenvalue weighted by atomic mass is 19.1. The Kier molecular flexibility index (Phi) is 5.31. The second-order valence-corrected chi connectivity index (χ2v) is 4.80. The molecule has 0 radical (unpaired) electrons. The van der Waals surface area contributed by atoms with Gasteiger partial charge in [0.25, 0.3) is 0 Å². The van der Waals surface area contributed by atoms with Gasteiger partial charge >= 0.3 is 0 Å². The van der Waals surface area contributed by atoms with Crippen molar-refractivity contribution in [1.82, 2.24) is 10.6 Å². The van der Waals surface area contributed by atoms with E-state index in [2.05, 4.69) is 10.6 Å². The molecule has 1 aliphatic heterocycles. The van der Waals surface area contributed by atoms with E-state index in [-0.39, 0.29) is 17.8 Å². The maximum atomic E-state index is 12.7. The van der Waals surface area contributed by atoms with Gasteiger partial charge in [0.05, 0.1) is 18.8 Å². The van der Waals surface area contributed by atoms with Gasteiger partial charge in [0.1, 0.15) is 11.6 Å². The molecule has 1 heterocycles. The highest BCUT2D eigenvalue weighted by Gasteiger charge is 2.27. The fraction of sp³-hybridized carbons (Fsp3) is 0.500. The number of aliphatic hydroxyl groups excluding tert-OH is 1. The molecule has 1 saturated heterocycles. The lowest BCUT2D eigenvalue weighted by molar-refractivity contribution is -0.122. The summed E-state index contributed by atoms with van der Waals surface area (Å²) in [7, 11) is 0. The Balaban J connectivity index is 1.57. The molecule has 1 amide bonds. The summed E-state index contributed by atoms with van der Waals surface area (Å²) in [6.07, 6.45) is 0.684. The molecule has 2 atom stereocenters. The van der Waals surface area contributed by atoms with E-state index in [1.54, 1.807) is 12.1 Å². The molecule has 20 heavy (non-hydrogen) atoms. The van der Waals surface area contributed by atoms with Crippen LogP contribution in [-0.2, 0) is 4.79 Å². The number of carbonyl (C=O) groups excluding carboxylic acids is 1. The summed E-state index contributed by atoms with van der Waals surface area (Å²) < 4.78 is 18.1. The van der Waals surface area contributed by atoms with Crippen molar-refractivity contribution in [2.45, 2.75) is 25.0 Å². The van der Waals surface area contributed by atoms with Gasteiger partial charge in [0.15, 0.2) is 0 Å². The van der Waals surface area contributed by atoms with E-state index in [1.807, 2.05) is 0 Å². The largest absolute Gasteiger partial charge is 0.494 e. The molecule has 1 aromatic rings. The van der Waals surface area contributed by atoms with Crippen LogP contribution in [0.2, 0.25) is 0 Å². The summed E-state index contributed by atoms with van der Waals surface area (Å²) in [4.78, 5) is 11.7. The van der Waals surface area contributed by atoms with Crippen molar-refractivity contribution in [1.29, 1.82) is 0 Å². The monoisotopic (exact) mass is 282 g/mol. The average Bonchev–Trinajstić information content (AvgIpc) is 2.87. The molecular weight excluding hydrogens is 263 g/mol. The molecule has 5 nitrogen and oxygen atoms in total. The summed E-state index contributed by atoms with van der Waals surface area (Å²) >= 11 is 0. The highest BCUT2D eigenvalue weighted by Crippen LogP contribution is 2.11. The van der Waals surface area contributed by atoms with Gasteiger partial charge in [-0.15, -0.1) is 0 Å². The lowest BCUT2D eigenvalue weighted by atomic mass is 10.2. The first-order valence-electron chi connectivity index (χ1n) is 6.72. The van der Waals surface area contributed by atoms with Gasteiger partial charge < -0.3 is 20.5 Å². The van der Waals surface area contributed by atoms with Crippen LogP contribution in [0.5, 0.6) is 5.75 Å². The Morgan fingerprint density at radius 1 is 1.45 bits per heavy atom. The molecule has 6 heteroatoms. The average molecular weight is 282 g/mol. The second kappa shape index (κ2) is 7.21. The minimum Gasteiger partial charge on any atom is -0.494 e. The normalized spacial score (nSPS) is 21.7. The third-order valence-electron chi connectivity index (χ3n) is 3.13. The maximum absolute atomic E-state index is 12.7. The number of aliphatic hydroxyl groups is 1.